The van der Waals surface area contributed by atoms with E-state index >= 15 is 0 Å². The molecule has 2 heteroatoms. The van der Waals surface area contributed by atoms with Gasteiger partial charge in [-0.2, -0.15) is 0 Å². The third kappa shape index (κ3) is 3.72. The second-order valence-corrected chi connectivity index (χ2v) is 7.95. The molecule has 19 heavy (non-hydrogen) atoms. The zero-order valence-electron chi connectivity index (χ0n) is 13.4. The third-order valence-electron chi connectivity index (χ3n) is 5.54. The molecule has 2 aliphatic rings. The predicted octanol–water partition coefficient (Wildman–Crippen LogP) is 3.83. The van der Waals surface area contributed by atoms with Crippen LogP contribution in [0.3, 0.4) is 0 Å². The Kier molecular flexibility index (Phi) is 4.94. The number of nitrogens with zero attached hydrogens (tertiary/aromatic N) is 1. The smallest absolute Gasteiger partial charge is 0.0695 e. The van der Waals surface area contributed by atoms with E-state index in [1.54, 1.807) is 0 Å². The van der Waals surface area contributed by atoms with Crippen LogP contribution >= 0.6 is 0 Å². The van der Waals surface area contributed by atoms with Crippen LogP contribution in [-0.2, 0) is 0 Å². The highest BCUT2D eigenvalue weighted by molar-refractivity contribution is 4.92. The third-order valence-corrected chi connectivity index (χ3v) is 5.54. The summed E-state index contributed by atoms with van der Waals surface area (Å²) in [6.45, 7) is 10.6. The lowest BCUT2D eigenvalue weighted by Crippen LogP contribution is -2.52. The molecule has 4 unspecified atom stereocenters. The minimum atomic E-state index is -0.0980. The molecule has 0 spiro atoms. The van der Waals surface area contributed by atoms with Crippen molar-refractivity contribution in [1.29, 1.82) is 0 Å². The molecular formula is C17H33NO. The molecule has 0 aromatic heterocycles. The molecule has 1 saturated heterocycles. The van der Waals surface area contributed by atoms with Crippen LogP contribution in [0.4, 0.5) is 0 Å². The SMILES string of the molecule is CC1CCCCCN1C1CC(C(C)(C)C)CCC1O. The topological polar surface area (TPSA) is 23.5 Å². The molecular weight excluding hydrogens is 234 g/mol. The maximum absolute atomic E-state index is 10.5. The predicted molar refractivity (Wildman–Crippen MR) is 81.2 cm³/mol. The van der Waals surface area contributed by atoms with Crippen molar-refractivity contribution in [2.45, 2.75) is 90.8 Å². The van der Waals surface area contributed by atoms with Crippen molar-refractivity contribution in [3.63, 3.8) is 0 Å². The van der Waals surface area contributed by atoms with Crippen LogP contribution in [0.2, 0.25) is 0 Å². The van der Waals surface area contributed by atoms with Crippen LogP contribution in [0.1, 0.15) is 72.6 Å². The molecule has 1 aliphatic heterocycles. The van der Waals surface area contributed by atoms with Gasteiger partial charge in [0.05, 0.1) is 6.10 Å². The van der Waals surface area contributed by atoms with Gasteiger partial charge in [0.2, 0.25) is 0 Å². The van der Waals surface area contributed by atoms with E-state index in [0.29, 0.717) is 17.5 Å². The van der Waals surface area contributed by atoms with Crippen molar-refractivity contribution in [2.24, 2.45) is 11.3 Å². The summed E-state index contributed by atoms with van der Waals surface area (Å²) < 4.78 is 0. The van der Waals surface area contributed by atoms with Gasteiger partial charge in [-0.1, -0.05) is 33.6 Å². The first-order valence-electron chi connectivity index (χ1n) is 8.33. The highest BCUT2D eigenvalue weighted by Gasteiger charge is 2.39. The van der Waals surface area contributed by atoms with E-state index in [-0.39, 0.29) is 6.10 Å². The molecule has 1 aliphatic carbocycles. The lowest BCUT2D eigenvalue weighted by Gasteiger charge is -2.46. The van der Waals surface area contributed by atoms with Crippen molar-refractivity contribution >= 4 is 0 Å². The monoisotopic (exact) mass is 267 g/mol. The minimum Gasteiger partial charge on any atom is -0.391 e. The first-order chi connectivity index (χ1) is 8.89. The molecule has 1 saturated carbocycles. The number of likely N-dealkylation sites (tertiary alicyclic amines) is 1. The van der Waals surface area contributed by atoms with Crippen molar-refractivity contribution < 1.29 is 5.11 Å². The van der Waals surface area contributed by atoms with E-state index in [9.17, 15) is 5.11 Å². The second kappa shape index (κ2) is 6.13. The van der Waals surface area contributed by atoms with Crippen LogP contribution < -0.4 is 0 Å². The number of hydrogen-bond donors (Lipinski definition) is 1. The summed E-state index contributed by atoms with van der Waals surface area (Å²) >= 11 is 0. The Labute approximate surface area is 119 Å². The van der Waals surface area contributed by atoms with Crippen LogP contribution in [0.15, 0.2) is 0 Å². The quantitative estimate of drug-likeness (QED) is 0.780. The molecule has 0 radical (unpaired) electrons. The molecule has 2 fully saturated rings. The molecule has 0 aromatic carbocycles. The average Bonchev–Trinajstić information content (AvgIpc) is 2.53. The summed E-state index contributed by atoms with van der Waals surface area (Å²) in [4.78, 5) is 2.63. The zero-order chi connectivity index (χ0) is 14.0. The Morgan fingerprint density at radius 1 is 1.00 bits per heavy atom. The van der Waals surface area contributed by atoms with Crippen LogP contribution in [-0.4, -0.2) is 34.7 Å². The average molecular weight is 267 g/mol. The van der Waals surface area contributed by atoms with Gasteiger partial charge in [-0.3, -0.25) is 4.90 Å². The molecule has 1 heterocycles. The molecule has 0 amide bonds. The maximum Gasteiger partial charge on any atom is 0.0695 e. The maximum atomic E-state index is 10.5. The summed E-state index contributed by atoms with van der Waals surface area (Å²) in [5.41, 5.74) is 0.382. The summed E-state index contributed by atoms with van der Waals surface area (Å²) in [7, 11) is 0. The summed E-state index contributed by atoms with van der Waals surface area (Å²) in [5, 5.41) is 10.5. The van der Waals surface area contributed by atoms with Gasteiger partial charge in [-0.25, -0.2) is 0 Å². The summed E-state index contributed by atoms with van der Waals surface area (Å²) in [6, 6.07) is 1.06. The highest BCUT2D eigenvalue weighted by atomic mass is 16.3. The Bertz CT molecular complexity index is 283. The summed E-state index contributed by atoms with van der Waals surface area (Å²) in [6.07, 6.45) is 8.64. The van der Waals surface area contributed by atoms with Crippen molar-refractivity contribution in [3.05, 3.63) is 0 Å². The van der Waals surface area contributed by atoms with Crippen molar-refractivity contribution in [3.8, 4) is 0 Å². The number of aliphatic hydroxyl groups excluding tert-OH is 1. The van der Waals surface area contributed by atoms with Crippen molar-refractivity contribution in [2.75, 3.05) is 6.54 Å². The standard InChI is InChI=1S/C17H33NO/c1-13-8-6-5-7-11-18(13)15-12-14(17(2,3)4)9-10-16(15)19/h13-16,19H,5-12H2,1-4H3. The molecule has 0 aromatic rings. The fourth-order valence-corrected chi connectivity index (χ4v) is 4.06. The number of hydrogen-bond acceptors (Lipinski definition) is 2. The van der Waals surface area contributed by atoms with E-state index in [0.717, 1.165) is 12.3 Å². The van der Waals surface area contributed by atoms with Crippen LogP contribution in [0.5, 0.6) is 0 Å². The van der Waals surface area contributed by atoms with E-state index in [1.165, 1.54) is 45.1 Å². The van der Waals surface area contributed by atoms with E-state index in [4.69, 9.17) is 0 Å². The van der Waals surface area contributed by atoms with Gasteiger partial charge in [0, 0.05) is 12.1 Å². The zero-order valence-corrected chi connectivity index (χ0v) is 13.4. The van der Waals surface area contributed by atoms with Gasteiger partial charge in [0.1, 0.15) is 0 Å². The first kappa shape index (κ1) is 15.3. The second-order valence-electron chi connectivity index (χ2n) is 7.95. The van der Waals surface area contributed by atoms with Crippen molar-refractivity contribution in [1.82, 2.24) is 4.90 Å². The van der Waals surface area contributed by atoms with Gasteiger partial charge in [0.15, 0.2) is 0 Å². The van der Waals surface area contributed by atoms with Crippen LogP contribution in [0.25, 0.3) is 0 Å². The lowest BCUT2D eigenvalue weighted by atomic mass is 9.69. The Balaban J connectivity index is 2.07. The Morgan fingerprint density at radius 2 is 1.74 bits per heavy atom. The van der Waals surface area contributed by atoms with Gasteiger partial charge >= 0.3 is 0 Å². The van der Waals surface area contributed by atoms with Gasteiger partial charge < -0.3 is 5.11 Å². The summed E-state index contributed by atoms with van der Waals surface area (Å²) in [5.74, 6) is 0.761. The molecule has 2 nitrogen and oxygen atoms in total. The first-order valence-corrected chi connectivity index (χ1v) is 8.33. The Hall–Kier alpha value is -0.0800. The minimum absolute atomic E-state index is 0.0980. The van der Waals surface area contributed by atoms with E-state index in [2.05, 4.69) is 32.6 Å². The molecule has 112 valence electrons. The fourth-order valence-electron chi connectivity index (χ4n) is 4.06. The molecule has 1 N–H and O–H groups in total. The Morgan fingerprint density at radius 3 is 2.42 bits per heavy atom. The number of aliphatic hydroxyl groups is 1. The van der Waals surface area contributed by atoms with Gasteiger partial charge in [0.25, 0.3) is 0 Å². The highest BCUT2D eigenvalue weighted by Crippen LogP contribution is 2.40. The fraction of sp³-hybridized carbons (Fsp3) is 1.00. The molecule has 4 atom stereocenters. The van der Waals surface area contributed by atoms with E-state index < -0.39 is 0 Å². The molecule has 2 rings (SSSR count). The lowest BCUT2D eigenvalue weighted by molar-refractivity contribution is -0.0299. The largest absolute Gasteiger partial charge is 0.391 e. The van der Waals surface area contributed by atoms with Gasteiger partial charge in [-0.05, 0) is 56.9 Å². The normalized spacial score (nSPS) is 39.0. The van der Waals surface area contributed by atoms with E-state index in [1.807, 2.05) is 0 Å². The number of rotatable bonds is 1. The van der Waals surface area contributed by atoms with Gasteiger partial charge in [-0.15, -0.1) is 0 Å². The molecule has 0 bridgehead atoms. The van der Waals surface area contributed by atoms with Crippen LogP contribution in [0, 0.1) is 11.3 Å².